The molecule has 1 atom stereocenters. The van der Waals surface area contributed by atoms with Crippen LogP contribution in [-0.4, -0.2) is 63.0 Å². The van der Waals surface area contributed by atoms with Crippen LogP contribution in [0.3, 0.4) is 0 Å². The standard InChI is InChI=1S/C24H26N6O3/c1-2-33-19-8-9-21-18(14-19)15-20(24(31)25-21)22(29-10-12-32-13-11-29)23-26-27-28-30(23)16-17-6-4-3-5-7-17/h3-9,14-15,22H,2,10-13,16H2,1H3,(H,25,31)/t22-/m0/s1. The number of ether oxygens (including phenoxy) is 2. The highest BCUT2D eigenvalue weighted by Gasteiger charge is 2.31. The highest BCUT2D eigenvalue weighted by atomic mass is 16.5. The lowest BCUT2D eigenvalue weighted by atomic mass is 10.0. The van der Waals surface area contributed by atoms with Gasteiger partial charge in [0, 0.05) is 29.6 Å². The first-order valence-corrected chi connectivity index (χ1v) is 11.1. The molecule has 1 saturated heterocycles. The van der Waals surface area contributed by atoms with Crippen molar-refractivity contribution in [3.8, 4) is 5.75 Å². The van der Waals surface area contributed by atoms with Gasteiger partial charge >= 0.3 is 0 Å². The lowest BCUT2D eigenvalue weighted by molar-refractivity contribution is 0.0214. The molecular weight excluding hydrogens is 420 g/mol. The molecule has 1 aliphatic rings. The van der Waals surface area contributed by atoms with Gasteiger partial charge in [-0.1, -0.05) is 30.3 Å². The third-order valence-corrected chi connectivity index (χ3v) is 5.84. The minimum atomic E-state index is -0.406. The van der Waals surface area contributed by atoms with E-state index in [1.165, 1.54) is 0 Å². The zero-order valence-corrected chi connectivity index (χ0v) is 18.5. The minimum absolute atomic E-state index is 0.155. The number of aromatic nitrogens is 5. The van der Waals surface area contributed by atoms with E-state index in [1.54, 1.807) is 4.68 Å². The first-order valence-electron chi connectivity index (χ1n) is 11.1. The summed E-state index contributed by atoms with van der Waals surface area (Å²) in [7, 11) is 0. The smallest absolute Gasteiger partial charge is 0.253 e. The fourth-order valence-corrected chi connectivity index (χ4v) is 4.27. The average Bonchev–Trinajstić information content (AvgIpc) is 3.29. The van der Waals surface area contributed by atoms with Crippen molar-refractivity contribution in [3.63, 3.8) is 0 Å². The van der Waals surface area contributed by atoms with E-state index in [2.05, 4.69) is 25.4 Å². The Hall–Kier alpha value is -3.56. The Morgan fingerprint density at radius 3 is 2.73 bits per heavy atom. The number of aromatic amines is 1. The topological polar surface area (TPSA) is 98.2 Å². The van der Waals surface area contributed by atoms with Gasteiger partial charge in [-0.25, -0.2) is 4.68 Å². The number of nitrogens with zero attached hydrogens (tertiary/aromatic N) is 5. The molecule has 2 aromatic heterocycles. The maximum Gasteiger partial charge on any atom is 0.253 e. The molecule has 2 aromatic carbocycles. The number of hydrogen-bond acceptors (Lipinski definition) is 7. The lowest BCUT2D eigenvalue weighted by Gasteiger charge is -2.33. The van der Waals surface area contributed by atoms with Crippen LogP contribution in [0, 0.1) is 0 Å². The number of pyridine rings is 1. The van der Waals surface area contributed by atoms with Gasteiger partial charge in [0.15, 0.2) is 5.82 Å². The molecule has 1 N–H and O–H groups in total. The zero-order valence-electron chi connectivity index (χ0n) is 18.5. The predicted molar refractivity (Wildman–Crippen MR) is 123 cm³/mol. The van der Waals surface area contributed by atoms with E-state index in [-0.39, 0.29) is 5.56 Å². The summed E-state index contributed by atoms with van der Waals surface area (Å²) in [6.45, 7) is 5.59. The number of morpholine rings is 1. The summed E-state index contributed by atoms with van der Waals surface area (Å²) in [5.74, 6) is 1.39. The van der Waals surface area contributed by atoms with Crippen molar-refractivity contribution >= 4 is 10.9 Å². The van der Waals surface area contributed by atoms with Crippen molar-refractivity contribution < 1.29 is 9.47 Å². The van der Waals surface area contributed by atoms with E-state index in [4.69, 9.17) is 9.47 Å². The molecule has 33 heavy (non-hydrogen) atoms. The summed E-state index contributed by atoms with van der Waals surface area (Å²) in [5, 5.41) is 13.5. The van der Waals surface area contributed by atoms with Gasteiger partial charge in [0.25, 0.3) is 5.56 Å². The van der Waals surface area contributed by atoms with Crippen LogP contribution in [0.4, 0.5) is 0 Å². The van der Waals surface area contributed by atoms with Gasteiger partial charge in [-0.3, -0.25) is 9.69 Å². The molecule has 0 bridgehead atoms. The van der Waals surface area contributed by atoms with Gasteiger partial charge in [-0.05, 0) is 47.2 Å². The molecule has 0 unspecified atom stereocenters. The van der Waals surface area contributed by atoms with E-state index in [9.17, 15) is 4.79 Å². The normalized spacial score (nSPS) is 15.5. The molecular formula is C24H26N6O3. The van der Waals surface area contributed by atoms with Crippen molar-refractivity contribution in [1.29, 1.82) is 0 Å². The molecule has 1 aliphatic heterocycles. The highest BCUT2D eigenvalue weighted by molar-refractivity contribution is 5.80. The third kappa shape index (κ3) is 4.50. The summed E-state index contributed by atoms with van der Waals surface area (Å²) in [5.41, 5.74) is 2.29. The molecule has 1 fully saturated rings. The molecule has 4 aromatic rings. The van der Waals surface area contributed by atoms with Gasteiger partial charge in [0.05, 0.1) is 26.4 Å². The first kappa shape index (κ1) is 21.3. The summed E-state index contributed by atoms with van der Waals surface area (Å²) in [6, 6.07) is 17.2. The maximum atomic E-state index is 13.3. The summed E-state index contributed by atoms with van der Waals surface area (Å²) in [4.78, 5) is 18.5. The van der Waals surface area contributed by atoms with Crippen LogP contribution in [0.5, 0.6) is 5.75 Å². The second-order valence-electron chi connectivity index (χ2n) is 7.97. The van der Waals surface area contributed by atoms with Crippen molar-refractivity contribution in [2.24, 2.45) is 0 Å². The fraction of sp³-hybridized carbons (Fsp3) is 0.333. The number of H-pyrrole nitrogens is 1. The molecule has 0 saturated carbocycles. The molecule has 9 nitrogen and oxygen atoms in total. The quantitative estimate of drug-likeness (QED) is 0.465. The number of benzene rings is 2. The van der Waals surface area contributed by atoms with Crippen LogP contribution in [-0.2, 0) is 11.3 Å². The van der Waals surface area contributed by atoms with Crippen LogP contribution < -0.4 is 10.3 Å². The molecule has 0 aliphatic carbocycles. The van der Waals surface area contributed by atoms with Gasteiger partial charge in [0.2, 0.25) is 0 Å². The number of rotatable bonds is 7. The molecule has 0 radical (unpaired) electrons. The predicted octanol–water partition coefficient (Wildman–Crippen LogP) is 2.38. The zero-order chi connectivity index (χ0) is 22.6. The van der Waals surface area contributed by atoms with E-state index < -0.39 is 6.04 Å². The Labute approximate surface area is 190 Å². The van der Waals surface area contributed by atoms with Crippen molar-refractivity contribution in [3.05, 3.63) is 81.9 Å². The average molecular weight is 447 g/mol. The van der Waals surface area contributed by atoms with Crippen LogP contribution in [0.25, 0.3) is 10.9 Å². The summed E-state index contributed by atoms with van der Waals surface area (Å²) >= 11 is 0. The Bertz CT molecular complexity index is 1280. The molecule has 170 valence electrons. The fourth-order valence-electron chi connectivity index (χ4n) is 4.27. The van der Waals surface area contributed by atoms with Gasteiger partial charge < -0.3 is 14.5 Å². The van der Waals surface area contributed by atoms with Crippen LogP contribution in [0.15, 0.2) is 59.4 Å². The van der Waals surface area contributed by atoms with Gasteiger partial charge in [-0.15, -0.1) is 5.10 Å². The third-order valence-electron chi connectivity index (χ3n) is 5.84. The largest absolute Gasteiger partial charge is 0.494 e. The second-order valence-corrected chi connectivity index (χ2v) is 7.97. The maximum absolute atomic E-state index is 13.3. The minimum Gasteiger partial charge on any atom is -0.494 e. The molecule has 9 heteroatoms. The van der Waals surface area contributed by atoms with Gasteiger partial charge in [-0.2, -0.15) is 0 Å². The van der Waals surface area contributed by atoms with E-state index in [0.717, 1.165) is 22.2 Å². The van der Waals surface area contributed by atoms with Crippen molar-refractivity contribution in [2.45, 2.75) is 19.5 Å². The van der Waals surface area contributed by atoms with Crippen LogP contribution >= 0.6 is 0 Å². The van der Waals surface area contributed by atoms with Crippen LogP contribution in [0.1, 0.15) is 29.9 Å². The highest BCUT2D eigenvalue weighted by Crippen LogP contribution is 2.28. The number of hydrogen-bond donors (Lipinski definition) is 1. The first-order chi connectivity index (χ1) is 16.2. The van der Waals surface area contributed by atoms with Crippen molar-refractivity contribution in [2.75, 3.05) is 32.9 Å². The Kier molecular flexibility index (Phi) is 6.14. The van der Waals surface area contributed by atoms with Crippen molar-refractivity contribution in [1.82, 2.24) is 30.1 Å². The number of tetrazole rings is 1. The van der Waals surface area contributed by atoms with Gasteiger partial charge in [0.1, 0.15) is 11.8 Å². The molecule has 0 spiro atoms. The van der Waals surface area contributed by atoms with E-state index in [0.29, 0.717) is 50.8 Å². The lowest BCUT2D eigenvalue weighted by Crippen LogP contribution is -2.42. The number of nitrogens with one attached hydrogen (secondary N) is 1. The van der Waals surface area contributed by atoms with E-state index in [1.807, 2.05) is 61.5 Å². The Morgan fingerprint density at radius 2 is 1.94 bits per heavy atom. The summed E-state index contributed by atoms with van der Waals surface area (Å²) < 4.78 is 13.0. The van der Waals surface area contributed by atoms with E-state index >= 15 is 0 Å². The molecule has 0 amide bonds. The molecule has 5 rings (SSSR count). The number of fused-ring (bicyclic) bond motifs is 1. The Morgan fingerprint density at radius 1 is 1.12 bits per heavy atom. The SMILES string of the molecule is CCOc1ccc2[nH]c(=O)c([C@@H](c3nnnn3Cc3ccccc3)N3CCOCC3)cc2c1. The Balaban J connectivity index is 1.61. The monoisotopic (exact) mass is 446 g/mol. The molecule has 3 heterocycles. The van der Waals surface area contributed by atoms with Crippen LogP contribution in [0.2, 0.25) is 0 Å². The second kappa shape index (κ2) is 9.51. The summed E-state index contributed by atoms with van der Waals surface area (Å²) in [6.07, 6.45) is 0.